The third-order valence-electron chi connectivity index (χ3n) is 5.96. The maximum absolute atomic E-state index is 12.4. The summed E-state index contributed by atoms with van der Waals surface area (Å²) in [5.74, 6) is 1.07. The van der Waals surface area contributed by atoms with Gasteiger partial charge >= 0.3 is 6.09 Å². The van der Waals surface area contributed by atoms with Gasteiger partial charge in [-0.2, -0.15) is 0 Å². The van der Waals surface area contributed by atoms with Crippen LogP contribution in [0.3, 0.4) is 0 Å². The predicted molar refractivity (Wildman–Crippen MR) is 135 cm³/mol. The van der Waals surface area contributed by atoms with Gasteiger partial charge in [-0.25, -0.2) is 14.8 Å². The van der Waals surface area contributed by atoms with Crippen molar-refractivity contribution in [2.75, 3.05) is 11.9 Å². The Morgan fingerprint density at radius 2 is 1.77 bits per heavy atom. The second-order valence-electron chi connectivity index (χ2n) is 8.81. The number of benzene rings is 1. The molecule has 1 aromatic carbocycles. The van der Waals surface area contributed by atoms with Gasteiger partial charge in [-0.15, -0.1) is 0 Å². The van der Waals surface area contributed by atoms with Crippen LogP contribution >= 0.6 is 0 Å². The fraction of sp³-hybridized carbons (Fsp3) is 0.259. The lowest BCUT2D eigenvalue weighted by atomic mass is 10.1. The Kier molecular flexibility index (Phi) is 8.08. The van der Waals surface area contributed by atoms with E-state index in [2.05, 4.69) is 20.4 Å². The smallest absolute Gasteiger partial charge is 0.415 e. The van der Waals surface area contributed by atoms with Gasteiger partial charge in [0.25, 0.3) is 0 Å². The molecule has 4 unspecified atom stereocenters. The van der Waals surface area contributed by atoms with Crippen molar-refractivity contribution in [1.82, 2.24) is 15.1 Å². The number of aliphatic hydroxyl groups is 3. The normalized spacial score (nSPS) is 20.8. The van der Waals surface area contributed by atoms with E-state index in [0.29, 0.717) is 35.9 Å². The molecule has 12 heteroatoms. The SMILES string of the molecule is O=C(Nc1ncccc1-c1cc(Cc2ccc(COc3ccccn3)cc2)no1)OC1OCC(O)C(O)C1O. The van der Waals surface area contributed by atoms with Crippen molar-refractivity contribution in [2.24, 2.45) is 0 Å². The Morgan fingerprint density at radius 3 is 2.56 bits per heavy atom. The summed E-state index contributed by atoms with van der Waals surface area (Å²) in [4.78, 5) is 20.7. The van der Waals surface area contributed by atoms with Crippen molar-refractivity contribution in [2.45, 2.75) is 37.6 Å². The summed E-state index contributed by atoms with van der Waals surface area (Å²) >= 11 is 0. The molecular weight excluding hydrogens is 508 g/mol. The fourth-order valence-corrected chi connectivity index (χ4v) is 3.89. The van der Waals surface area contributed by atoms with Crippen LogP contribution in [0.2, 0.25) is 0 Å². The Bertz CT molecular complexity index is 1380. The largest absolute Gasteiger partial charge is 0.473 e. The van der Waals surface area contributed by atoms with Gasteiger partial charge in [-0.1, -0.05) is 35.5 Å². The van der Waals surface area contributed by atoms with E-state index in [1.54, 1.807) is 30.5 Å². The number of hydrogen-bond donors (Lipinski definition) is 4. The second-order valence-corrected chi connectivity index (χ2v) is 8.81. The van der Waals surface area contributed by atoms with Gasteiger partial charge in [-0.05, 0) is 29.3 Å². The van der Waals surface area contributed by atoms with E-state index in [1.165, 1.54) is 6.20 Å². The molecule has 1 amide bonds. The maximum Gasteiger partial charge on any atom is 0.415 e. The summed E-state index contributed by atoms with van der Waals surface area (Å²) in [5, 5.41) is 35.9. The van der Waals surface area contributed by atoms with E-state index < -0.39 is 30.7 Å². The molecule has 1 aliphatic rings. The van der Waals surface area contributed by atoms with Crippen molar-refractivity contribution < 1.29 is 38.8 Å². The molecule has 4 N–H and O–H groups in total. The first-order valence-corrected chi connectivity index (χ1v) is 12.1. The number of nitrogens with zero attached hydrogens (tertiary/aromatic N) is 3. The van der Waals surface area contributed by atoms with Gasteiger partial charge in [0, 0.05) is 30.9 Å². The standard InChI is InChI=1S/C27H26N4O8/c32-20-15-37-26(24(34)23(20)33)38-27(35)30-25-19(4-3-11-29-25)21-13-18(31-39-21)12-16-6-8-17(9-7-16)14-36-22-5-1-2-10-28-22/h1-11,13,20,23-24,26,32-34H,12,14-15H2,(H,29,30,35). The minimum atomic E-state index is -1.61. The number of carbonyl (C=O) groups is 1. The molecule has 39 heavy (non-hydrogen) atoms. The highest BCUT2D eigenvalue weighted by molar-refractivity contribution is 5.88. The van der Waals surface area contributed by atoms with Crippen molar-refractivity contribution in [3.05, 3.63) is 89.9 Å². The minimum Gasteiger partial charge on any atom is -0.473 e. The Balaban J connectivity index is 1.19. The minimum absolute atomic E-state index is 0.133. The molecule has 1 saturated heterocycles. The molecule has 12 nitrogen and oxygen atoms in total. The van der Waals surface area contributed by atoms with E-state index in [9.17, 15) is 20.1 Å². The van der Waals surface area contributed by atoms with Crippen LogP contribution in [-0.2, 0) is 22.5 Å². The molecule has 0 aliphatic carbocycles. The molecule has 1 fully saturated rings. The van der Waals surface area contributed by atoms with E-state index in [0.717, 1.165) is 11.1 Å². The Labute approximate surface area is 222 Å². The molecule has 0 bridgehead atoms. The molecule has 4 heterocycles. The lowest BCUT2D eigenvalue weighted by molar-refractivity contribution is -0.249. The van der Waals surface area contributed by atoms with Crippen LogP contribution in [0.15, 0.2) is 77.6 Å². The lowest BCUT2D eigenvalue weighted by Gasteiger charge is -2.34. The van der Waals surface area contributed by atoms with Crippen molar-refractivity contribution in [1.29, 1.82) is 0 Å². The number of anilines is 1. The van der Waals surface area contributed by atoms with E-state index in [4.69, 9.17) is 18.7 Å². The first-order chi connectivity index (χ1) is 19.0. The van der Waals surface area contributed by atoms with Crippen LogP contribution in [0.25, 0.3) is 11.3 Å². The monoisotopic (exact) mass is 534 g/mol. The van der Waals surface area contributed by atoms with Crippen LogP contribution in [-0.4, -0.2) is 67.7 Å². The van der Waals surface area contributed by atoms with E-state index in [1.807, 2.05) is 36.4 Å². The zero-order valence-electron chi connectivity index (χ0n) is 20.6. The predicted octanol–water partition coefficient (Wildman–Crippen LogP) is 2.29. The number of aromatic nitrogens is 3. The molecule has 3 aromatic heterocycles. The molecular formula is C27H26N4O8. The van der Waals surface area contributed by atoms with Gasteiger partial charge in [0.1, 0.15) is 30.7 Å². The topological polar surface area (TPSA) is 169 Å². The van der Waals surface area contributed by atoms with Gasteiger partial charge in [0.15, 0.2) is 5.76 Å². The summed E-state index contributed by atoms with van der Waals surface area (Å²) in [6, 6.07) is 18.5. The number of amides is 1. The number of ether oxygens (including phenoxy) is 3. The van der Waals surface area contributed by atoms with Crippen molar-refractivity contribution in [3.63, 3.8) is 0 Å². The zero-order chi connectivity index (χ0) is 27.2. The lowest BCUT2D eigenvalue weighted by Crippen LogP contribution is -2.54. The highest BCUT2D eigenvalue weighted by Gasteiger charge is 2.40. The number of rotatable bonds is 8. The third kappa shape index (κ3) is 6.56. The first-order valence-electron chi connectivity index (χ1n) is 12.1. The summed E-state index contributed by atoms with van der Waals surface area (Å²) in [5.41, 5.74) is 3.14. The zero-order valence-corrected chi connectivity index (χ0v) is 20.6. The maximum atomic E-state index is 12.4. The molecule has 4 aromatic rings. The highest BCUT2D eigenvalue weighted by atomic mass is 16.7. The average molecular weight is 535 g/mol. The number of carbonyl (C=O) groups excluding carboxylic acids is 1. The molecule has 0 radical (unpaired) electrons. The summed E-state index contributed by atoms with van der Waals surface area (Å²) in [6.07, 6.45) is -3.17. The van der Waals surface area contributed by atoms with Crippen LogP contribution in [0.5, 0.6) is 5.88 Å². The first kappa shape index (κ1) is 26.3. The fourth-order valence-electron chi connectivity index (χ4n) is 3.89. The Morgan fingerprint density at radius 1 is 0.974 bits per heavy atom. The molecule has 5 rings (SSSR count). The molecule has 202 valence electrons. The van der Waals surface area contributed by atoms with Crippen molar-refractivity contribution in [3.8, 4) is 17.2 Å². The quantitative estimate of drug-likeness (QED) is 0.262. The summed E-state index contributed by atoms with van der Waals surface area (Å²) in [7, 11) is 0. The molecule has 0 saturated carbocycles. The number of aliphatic hydroxyl groups excluding tert-OH is 3. The molecule has 1 aliphatic heterocycles. The van der Waals surface area contributed by atoms with Gasteiger partial charge in [0.05, 0.1) is 17.9 Å². The molecule has 0 spiro atoms. The summed E-state index contributed by atoms with van der Waals surface area (Å²) < 4.78 is 21.3. The highest BCUT2D eigenvalue weighted by Crippen LogP contribution is 2.28. The van der Waals surface area contributed by atoms with Gasteiger partial charge in [0.2, 0.25) is 12.2 Å². The number of hydrogen-bond acceptors (Lipinski definition) is 11. The average Bonchev–Trinajstić information content (AvgIpc) is 3.42. The van der Waals surface area contributed by atoms with Gasteiger partial charge < -0.3 is 34.1 Å². The van der Waals surface area contributed by atoms with Crippen LogP contribution in [0.4, 0.5) is 10.6 Å². The number of nitrogens with one attached hydrogen (secondary N) is 1. The number of pyridine rings is 2. The molecule has 4 atom stereocenters. The van der Waals surface area contributed by atoms with Crippen LogP contribution in [0, 0.1) is 0 Å². The third-order valence-corrected chi connectivity index (χ3v) is 5.96. The van der Waals surface area contributed by atoms with Crippen LogP contribution in [0.1, 0.15) is 16.8 Å². The second kappa shape index (κ2) is 12.0. The van der Waals surface area contributed by atoms with Gasteiger partial charge in [-0.3, -0.25) is 5.32 Å². The van der Waals surface area contributed by atoms with E-state index >= 15 is 0 Å². The van der Waals surface area contributed by atoms with Crippen molar-refractivity contribution >= 4 is 11.9 Å². The Hall–Kier alpha value is -4.36. The van der Waals surface area contributed by atoms with E-state index in [-0.39, 0.29) is 12.4 Å². The van der Waals surface area contributed by atoms with Crippen LogP contribution < -0.4 is 10.1 Å². The summed E-state index contributed by atoms with van der Waals surface area (Å²) in [6.45, 7) is 0.104.